The number of hydrogen-bond acceptors (Lipinski definition) is 6. The van der Waals surface area contributed by atoms with Crippen molar-refractivity contribution in [2.45, 2.75) is 38.4 Å². The van der Waals surface area contributed by atoms with Gasteiger partial charge in [0.05, 0.1) is 23.3 Å². The number of ether oxygens (including phenoxy) is 2. The van der Waals surface area contributed by atoms with E-state index in [1.807, 2.05) is 28.9 Å². The third-order valence-corrected chi connectivity index (χ3v) is 5.01. The zero-order valence-corrected chi connectivity index (χ0v) is 23.0. The molecule has 0 fully saturated rings. The van der Waals surface area contributed by atoms with Crippen molar-refractivity contribution in [3.05, 3.63) is 56.0 Å². The minimum atomic E-state index is -3.82. The van der Waals surface area contributed by atoms with Gasteiger partial charge in [-0.3, -0.25) is 4.98 Å². The van der Waals surface area contributed by atoms with E-state index in [9.17, 15) is 27.2 Å². The quantitative estimate of drug-likeness (QED) is 0.148. The first kappa shape index (κ1) is 32.5. The van der Waals surface area contributed by atoms with Gasteiger partial charge in [-0.15, -0.1) is 0 Å². The highest BCUT2D eigenvalue weighted by Gasteiger charge is 2.46. The SMILES string of the molecule is CCOC(=O)C(F)(F)Br.CCOC(=O)C(F)(F)c1ncc(C)cc1Cl.Cc1cnc(Br)c(Cl)c1. The Hall–Kier alpha value is -1.50. The monoisotopic (exact) mass is 656 g/mol. The van der Waals surface area contributed by atoms with Crippen LogP contribution in [0.15, 0.2) is 29.1 Å². The molecule has 0 unspecified atom stereocenters. The summed E-state index contributed by atoms with van der Waals surface area (Å²) >= 11 is 16.3. The van der Waals surface area contributed by atoms with Crippen molar-refractivity contribution in [3.8, 4) is 0 Å². The molecule has 0 atom stereocenters. The van der Waals surface area contributed by atoms with Crippen molar-refractivity contribution in [3.63, 3.8) is 0 Å². The molecule has 0 aliphatic rings. The van der Waals surface area contributed by atoms with Crippen molar-refractivity contribution < 1.29 is 36.6 Å². The van der Waals surface area contributed by atoms with Gasteiger partial charge in [-0.2, -0.15) is 17.6 Å². The Bertz CT molecular complexity index is 980. The Kier molecular flexibility index (Phi) is 14.1. The lowest BCUT2D eigenvalue weighted by Crippen LogP contribution is -2.29. The average Bonchev–Trinajstić information content (AvgIpc) is 2.71. The molecule has 0 spiro atoms. The van der Waals surface area contributed by atoms with E-state index in [1.54, 1.807) is 13.1 Å². The molecule has 34 heavy (non-hydrogen) atoms. The predicted octanol–water partition coefficient (Wildman–Crippen LogP) is 7.04. The van der Waals surface area contributed by atoms with Crippen LogP contribution >= 0.6 is 55.1 Å². The van der Waals surface area contributed by atoms with E-state index < -0.39 is 28.4 Å². The maximum Gasteiger partial charge on any atom is 0.395 e. The zero-order chi connectivity index (χ0) is 26.7. The first-order valence-corrected chi connectivity index (χ1v) is 11.6. The molecule has 2 aromatic heterocycles. The number of carbonyl (C=O) groups excluding carboxylic acids is 2. The standard InChI is InChI=1S/C10H10ClF2NO2.C6H5BrClN.C4H5BrF2O2/c1-3-16-9(15)10(12,13)8-7(11)4-6(2)5-14-8;1-4-2-5(8)6(7)9-3-4;1-2-9-3(8)4(5,6)7/h4-5H,3H2,1-2H3;2-3H,1H3;2H2,1H3. The lowest BCUT2D eigenvalue weighted by molar-refractivity contribution is -0.173. The fourth-order valence-corrected chi connectivity index (χ4v) is 2.70. The number of halogens is 8. The number of hydrogen-bond donors (Lipinski definition) is 0. The molecule has 0 radical (unpaired) electrons. The van der Waals surface area contributed by atoms with Crippen LogP contribution in [-0.2, 0) is 25.0 Å². The summed E-state index contributed by atoms with van der Waals surface area (Å²) in [4.78, 5) is 25.0. The minimum Gasteiger partial charge on any atom is -0.461 e. The number of aromatic nitrogens is 2. The van der Waals surface area contributed by atoms with Crippen molar-refractivity contribution in [2.24, 2.45) is 0 Å². The molecule has 0 N–H and O–H groups in total. The summed E-state index contributed by atoms with van der Waals surface area (Å²) in [6.45, 7) is 6.34. The van der Waals surface area contributed by atoms with Gasteiger partial charge in [-0.05, 0) is 66.9 Å². The maximum atomic E-state index is 13.5. The van der Waals surface area contributed by atoms with E-state index >= 15 is 0 Å². The van der Waals surface area contributed by atoms with Crippen LogP contribution in [0.3, 0.4) is 0 Å². The molecule has 0 bridgehead atoms. The number of pyridine rings is 2. The van der Waals surface area contributed by atoms with Crippen LogP contribution in [0.1, 0.15) is 30.7 Å². The largest absolute Gasteiger partial charge is 0.461 e. The van der Waals surface area contributed by atoms with Crippen LogP contribution in [0.25, 0.3) is 0 Å². The van der Waals surface area contributed by atoms with Crippen molar-refractivity contribution in [1.29, 1.82) is 0 Å². The summed E-state index contributed by atoms with van der Waals surface area (Å²) in [5, 5.41) is 0.410. The van der Waals surface area contributed by atoms with Crippen LogP contribution in [0, 0.1) is 13.8 Å². The molecule has 0 aliphatic heterocycles. The smallest absolute Gasteiger partial charge is 0.395 e. The molecule has 2 heterocycles. The van der Waals surface area contributed by atoms with Gasteiger partial charge in [0, 0.05) is 28.3 Å². The second kappa shape index (κ2) is 14.8. The molecular formula is C20H20Br2Cl2F4N2O4. The van der Waals surface area contributed by atoms with Gasteiger partial charge in [0.25, 0.3) is 0 Å². The molecule has 0 aromatic carbocycles. The molecule has 6 nitrogen and oxygen atoms in total. The van der Waals surface area contributed by atoms with Crippen LogP contribution in [0.4, 0.5) is 17.6 Å². The third kappa shape index (κ3) is 11.3. The Labute approximate surface area is 220 Å². The van der Waals surface area contributed by atoms with E-state index in [-0.39, 0.29) is 18.2 Å². The van der Waals surface area contributed by atoms with E-state index in [2.05, 4.69) is 35.4 Å². The number of esters is 2. The average molecular weight is 659 g/mol. The van der Waals surface area contributed by atoms with Gasteiger partial charge in [-0.25, -0.2) is 14.6 Å². The second-order valence-electron chi connectivity index (χ2n) is 6.14. The van der Waals surface area contributed by atoms with Gasteiger partial charge < -0.3 is 9.47 Å². The van der Waals surface area contributed by atoms with Crippen LogP contribution in [0.5, 0.6) is 0 Å². The second-order valence-corrected chi connectivity index (χ2v) is 8.70. The van der Waals surface area contributed by atoms with E-state index in [0.29, 0.717) is 15.2 Å². The topological polar surface area (TPSA) is 78.4 Å². The lowest BCUT2D eigenvalue weighted by atomic mass is 10.2. The molecular weight excluding hydrogens is 639 g/mol. The first-order valence-electron chi connectivity index (χ1n) is 9.27. The summed E-state index contributed by atoms with van der Waals surface area (Å²) in [5.41, 5.74) is 0.926. The van der Waals surface area contributed by atoms with Crippen LogP contribution in [-0.4, -0.2) is 40.0 Å². The van der Waals surface area contributed by atoms with Gasteiger partial charge in [0.2, 0.25) is 0 Å². The highest BCUT2D eigenvalue weighted by Crippen LogP contribution is 2.33. The highest BCUT2D eigenvalue weighted by atomic mass is 79.9. The minimum absolute atomic E-state index is 0.0416. The highest BCUT2D eigenvalue weighted by molar-refractivity contribution is 9.10. The predicted molar refractivity (Wildman–Crippen MR) is 127 cm³/mol. The van der Waals surface area contributed by atoms with Gasteiger partial charge in [0.1, 0.15) is 10.3 Å². The summed E-state index contributed by atoms with van der Waals surface area (Å²) in [6.07, 6.45) is 2.98. The fraction of sp³-hybridized carbons (Fsp3) is 0.400. The van der Waals surface area contributed by atoms with Crippen molar-refractivity contribution >= 4 is 67.0 Å². The Morgan fingerprint density at radius 3 is 1.71 bits per heavy atom. The number of alkyl halides is 5. The molecule has 0 amide bonds. The van der Waals surface area contributed by atoms with E-state index in [0.717, 1.165) is 5.56 Å². The third-order valence-electron chi connectivity index (χ3n) is 3.25. The molecule has 14 heteroatoms. The summed E-state index contributed by atoms with van der Waals surface area (Å²) in [6, 6.07) is 3.18. The Balaban J connectivity index is 0.000000518. The molecule has 0 saturated heterocycles. The van der Waals surface area contributed by atoms with Crippen LogP contribution in [0.2, 0.25) is 10.0 Å². The fourth-order valence-electron chi connectivity index (χ4n) is 1.81. The van der Waals surface area contributed by atoms with Crippen LogP contribution < -0.4 is 0 Å². The van der Waals surface area contributed by atoms with Gasteiger partial charge in [0.15, 0.2) is 0 Å². The number of nitrogens with zero attached hydrogens (tertiary/aromatic N) is 2. The molecule has 190 valence electrons. The number of aryl methyl sites for hydroxylation is 2. The van der Waals surface area contributed by atoms with Crippen molar-refractivity contribution in [2.75, 3.05) is 13.2 Å². The molecule has 0 aliphatic carbocycles. The van der Waals surface area contributed by atoms with Crippen molar-refractivity contribution in [1.82, 2.24) is 9.97 Å². The summed E-state index contributed by atoms with van der Waals surface area (Å²) < 4.78 is 59.4. The zero-order valence-electron chi connectivity index (χ0n) is 18.3. The summed E-state index contributed by atoms with van der Waals surface area (Å²) in [7, 11) is 0. The normalized spacial score (nSPS) is 10.8. The summed E-state index contributed by atoms with van der Waals surface area (Å²) in [5.74, 6) is -7.01. The van der Waals surface area contributed by atoms with E-state index in [4.69, 9.17) is 23.2 Å². The maximum absolute atomic E-state index is 13.5. The number of rotatable bonds is 5. The molecule has 2 aromatic rings. The number of carbonyl (C=O) groups is 2. The Morgan fingerprint density at radius 1 is 0.912 bits per heavy atom. The van der Waals surface area contributed by atoms with Gasteiger partial charge in [-0.1, -0.05) is 23.2 Å². The lowest BCUT2D eigenvalue weighted by Gasteiger charge is -2.15. The van der Waals surface area contributed by atoms with Gasteiger partial charge >= 0.3 is 22.7 Å². The van der Waals surface area contributed by atoms with E-state index in [1.165, 1.54) is 26.1 Å². The molecule has 2 rings (SSSR count). The first-order chi connectivity index (χ1) is 15.6. The molecule has 0 saturated carbocycles. The Morgan fingerprint density at radius 2 is 1.35 bits per heavy atom.